The zero-order valence-corrected chi connectivity index (χ0v) is 10.7. The predicted octanol–water partition coefficient (Wildman–Crippen LogP) is 2.16. The van der Waals surface area contributed by atoms with Crippen LogP contribution in [-0.2, 0) is 9.47 Å². The molecule has 1 fully saturated rings. The summed E-state index contributed by atoms with van der Waals surface area (Å²) < 4.78 is 11.2. The van der Waals surface area contributed by atoms with E-state index in [9.17, 15) is 0 Å². The Balaban J connectivity index is 2.07. The quantitative estimate of drug-likeness (QED) is 0.729. The molecule has 90 valence electrons. The molecule has 0 radical (unpaired) electrons. The summed E-state index contributed by atoms with van der Waals surface area (Å²) in [4.78, 5) is 0. The summed E-state index contributed by atoms with van der Waals surface area (Å²) in [5, 5.41) is 3.42. The van der Waals surface area contributed by atoms with Crippen LogP contribution in [0.15, 0.2) is 0 Å². The Morgan fingerprint density at radius 1 is 1.33 bits per heavy atom. The van der Waals surface area contributed by atoms with Gasteiger partial charge >= 0.3 is 0 Å². The van der Waals surface area contributed by atoms with Crippen LogP contribution < -0.4 is 5.32 Å². The summed E-state index contributed by atoms with van der Waals surface area (Å²) in [6.07, 6.45) is 1.39. The Bertz CT molecular complexity index is 196. The minimum absolute atomic E-state index is 0.208. The number of hydrogen-bond acceptors (Lipinski definition) is 3. The second-order valence-electron chi connectivity index (χ2n) is 5.97. The van der Waals surface area contributed by atoms with Crippen LogP contribution in [-0.4, -0.2) is 31.6 Å². The predicted molar refractivity (Wildman–Crippen MR) is 61.8 cm³/mol. The van der Waals surface area contributed by atoms with Gasteiger partial charge in [-0.25, -0.2) is 0 Å². The molecule has 1 atom stereocenters. The standard InChI is InChI=1S/C12H25NO2/c1-11(2,3)6-7-13-8-10-9-14-12(4,5)15-10/h10,13H,6-9H2,1-5H3. The molecule has 0 amide bonds. The molecule has 1 N–H and O–H groups in total. The van der Waals surface area contributed by atoms with Crippen molar-refractivity contribution in [3.63, 3.8) is 0 Å². The third-order valence-corrected chi connectivity index (χ3v) is 2.49. The molecule has 0 aromatic heterocycles. The zero-order valence-electron chi connectivity index (χ0n) is 10.7. The molecule has 0 aromatic carbocycles. The molecule has 1 aliphatic heterocycles. The van der Waals surface area contributed by atoms with Gasteiger partial charge in [-0.2, -0.15) is 0 Å². The molecule has 15 heavy (non-hydrogen) atoms. The van der Waals surface area contributed by atoms with Gasteiger partial charge in [-0.1, -0.05) is 20.8 Å². The first-order chi connectivity index (χ1) is 6.79. The van der Waals surface area contributed by atoms with Crippen molar-refractivity contribution in [1.29, 1.82) is 0 Å². The van der Waals surface area contributed by atoms with Crippen molar-refractivity contribution in [3.05, 3.63) is 0 Å². The van der Waals surface area contributed by atoms with Crippen LogP contribution in [0.1, 0.15) is 41.0 Å². The van der Waals surface area contributed by atoms with Crippen LogP contribution in [0.3, 0.4) is 0 Å². The third kappa shape index (κ3) is 5.50. The summed E-state index contributed by atoms with van der Waals surface area (Å²) in [7, 11) is 0. The molecule has 0 spiro atoms. The topological polar surface area (TPSA) is 30.5 Å². The Hall–Kier alpha value is -0.120. The number of ether oxygens (including phenoxy) is 2. The van der Waals surface area contributed by atoms with Crippen molar-refractivity contribution >= 4 is 0 Å². The fourth-order valence-corrected chi connectivity index (χ4v) is 1.59. The molecule has 0 aromatic rings. The first kappa shape index (κ1) is 12.9. The van der Waals surface area contributed by atoms with Crippen LogP contribution in [0.5, 0.6) is 0 Å². The molecule has 3 heteroatoms. The number of nitrogens with one attached hydrogen (secondary N) is 1. The highest BCUT2D eigenvalue weighted by Gasteiger charge is 2.32. The maximum Gasteiger partial charge on any atom is 0.163 e. The highest BCUT2D eigenvalue weighted by atomic mass is 16.7. The van der Waals surface area contributed by atoms with Gasteiger partial charge in [-0.05, 0) is 32.2 Å². The van der Waals surface area contributed by atoms with Gasteiger partial charge in [0.2, 0.25) is 0 Å². The molecular weight excluding hydrogens is 190 g/mol. The van der Waals surface area contributed by atoms with Gasteiger partial charge in [0.25, 0.3) is 0 Å². The fourth-order valence-electron chi connectivity index (χ4n) is 1.59. The summed E-state index contributed by atoms with van der Waals surface area (Å²) >= 11 is 0. The van der Waals surface area contributed by atoms with Crippen molar-refractivity contribution in [2.24, 2.45) is 5.41 Å². The average Bonchev–Trinajstić information content (AvgIpc) is 2.38. The van der Waals surface area contributed by atoms with Crippen molar-refractivity contribution in [2.75, 3.05) is 19.7 Å². The maximum atomic E-state index is 5.70. The van der Waals surface area contributed by atoms with Gasteiger partial charge in [-0.3, -0.25) is 0 Å². The molecule has 1 aliphatic rings. The van der Waals surface area contributed by atoms with Crippen molar-refractivity contribution < 1.29 is 9.47 Å². The van der Waals surface area contributed by atoms with Crippen LogP contribution >= 0.6 is 0 Å². The monoisotopic (exact) mass is 215 g/mol. The molecule has 0 saturated carbocycles. The first-order valence-electron chi connectivity index (χ1n) is 5.81. The minimum Gasteiger partial charge on any atom is -0.348 e. The van der Waals surface area contributed by atoms with Gasteiger partial charge in [0.05, 0.1) is 12.7 Å². The first-order valence-corrected chi connectivity index (χ1v) is 5.81. The molecule has 0 bridgehead atoms. The number of hydrogen-bond donors (Lipinski definition) is 1. The maximum absolute atomic E-state index is 5.70. The fraction of sp³-hybridized carbons (Fsp3) is 1.00. The van der Waals surface area contributed by atoms with Gasteiger partial charge < -0.3 is 14.8 Å². The summed E-state index contributed by atoms with van der Waals surface area (Å²) in [5.74, 6) is -0.392. The van der Waals surface area contributed by atoms with E-state index < -0.39 is 5.79 Å². The second kappa shape index (κ2) is 4.81. The van der Waals surface area contributed by atoms with Crippen LogP contribution in [0, 0.1) is 5.41 Å². The highest BCUT2D eigenvalue weighted by molar-refractivity contribution is 4.73. The molecule has 1 rings (SSSR count). The van der Waals surface area contributed by atoms with Crippen molar-refractivity contribution in [2.45, 2.75) is 52.9 Å². The Morgan fingerprint density at radius 3 is 2.47 bits per heavy atom. The minimum atomic E-state index is -0.392. The molecule has 1 unspecified atom stereocenters. The summed E-state index contributed by atoms with van der Waals surface area (Å²) in [5.41, 5.74) is 0.402. The second-order valence-corrected chi connectivity index (χ2v) is 5.97. The van der Waals surface area contributed by atoms with E-state index in [1.54, 1.807) is 0 Å². The van der Waals surface area contributed by atoms with E-state index in [1.165, 1.54) is 6.42 Å². The molecular formula is C12H25NO2. The Labute approximate surface area is 93.5 Å². The Morgan fingerprint density at radius 2 is 2.00 bits per heavy atom. The van der Waals surface area contributed by atoms with Gasteiger partial charge in [0, 0.05) is 6.54 Å². The smallest absolute Gasteiger partial charge is 0.163 e. The lowest BCUT2D eigenvalue weighted by molar-refractivity contribution is -0.137. The van der Waals surface area contributed by atoms with Crippen LogP contribution in [0.25, 0.3) is 0 Å². The summed E-state index contributed by atoms with van der Waals surface area (Å²) in [6, 6.07) is 0. The van der Waals surface area contributed by atoms with E-state index in [1.807, 2.05) is 13.8 Å². The largest absolute Gasteiger partial charge is 0.348 e. The van der Waals surface area contributed by atoms with E-state index in [4.69, 9.17) is 9.47 Å². The normalized spacial score (nSPS) is 25.8. The lowest BCUT2D eigenvalue weighted by Crippen LogP contribution is -2.32. The molecule has 3 nitrogen and oxygen atoms in total. The van der Waals surface area contributed by atoms with Crippen LogP contribution in [0.4, 0.5) is 0 Å². The van der Waals surface area contributed by atoms with E-state index >= 15 is 0 Å². The summed E-state index contributed by atoms with van der Waals surface area (Å²) in [6.45, 7) is 13.3. The molecule has 0 aliphatic carbocycles. The zero-order chi connectivity index (χ0) is 11.5. The van der Waals surface area contributed by atoms with Gasteiger partial charge in [0.1, 0.15) is 0 Å². The van der Waals surface area contributed by atoms with Crippen molar-refractivity contribution in [3.8, 4) is 0 Å². The average molecular weight is 215 g/mol. The van der Waals surface area contributed by atoms with Gasteiger partial charge in [0.15, 0.2) is 5.79 Å². The molecule has 1 heterocycles. The van der Waals surface area contributed by atoms with Crippen LogP contribution in [0.2, 0.25) is 0 Å². The van der Waals surface area contributed by atoms with E-state index in [0.29, 0.717) is 12.0 Å². The van der Waals surface area contributed by atoms with E-state index in [0.717, 1.165) is 13.1 Å². The van der Waals surface area contributed by atoms with Gasteiger partial charge in [-0.15, -0.1) is 0 Å². The van der Waals surface area contributed by atoms with E-state index in [-0.39, 0.29) is 6.10 Å². The lowest BCUT2D eigenvalue weighted by Gasteiger charge is -2.20. The lowest BCUT2D eigenvalue weighted by atomic mass is 9.92. The van der Waals surface area contributed by atoms with E-state index in [2.05, 4.69) is 26.1 Å². The van der Waals surface area contributed by atoms with Crippen molar-refractivity contribution in [1.82, 2.24) is 5.32 Å². The SMILES string of the molecule is CC(C)(C)CCNCC1COC(C)(C)O1. The highest BCUT2D eigenvalue weighted by Crippen LogP contribution is 2.22. The third-order valence-electron chi connectivity index (χ3n) is 2.49. The Kier molecular flexibility index (Phi) is 4.15. The number of rotatable bonds is 4. The molecule has 1 saturated heterocycles.